The topological polar surface area (TPSA) is 21.3 Å². The van der Waals surface area contributed by atoms with Crippen molar-refractivity contribution in [2.45, 2.75) is 64.5 Å². The van der Waals surface area contributed by atoms with Crippen molar-refractivity contribution in [3.05, 3.63) is 35.4 Å². The van der Waals surface area contributed by atoms with E-state index in [9.17, 15) is 0 Å². The first-order chi connectivity index (χ1) is 9.83. The Morgan fingerprint density at radius 1 is 1.35 bits per heavy atom. The fraction of sp³-hybridized carbons (Fsp3) is 0.667. The minimum Gasteiger partial charge on any atom is -0.378 e. The summed E-state index contributed by atoms with van der Waals surface area (Å²) >= 11 is 0. The molecular formula is C18H29NO. The second-order valence-electron chi connectivity index (χ2n) is 5.82. The molecule has 1 aromatic rings. The molecule has 1 aliphatic heterocycles. The van der Waals surface area contributed by atoms with Crippen molar-refractivity contribution in [1.82, 2.24) is 5.32 Å². The lowest BCUT2D eigenvalue weighted by Gasteiger charge is -2.21. The monoisotopic (exact) mass is 275 g/mol. The molecule has 2 rings (SSSR count). The molecule has 0 saturated carbocycles. The highest BCUT2D eigenvalue weighted by Gasteiger charge is 2.18. The number of hydrogen-bond donors (Lipinski definition) is 1. The smallest absolute Gasteiger partial charge is 0.0576 e. The van der Waals surface area contributed by atoms with E-state index in [1.807, 2.05) is 0 Å². The van der Waals surface area contributed by atoms with Crippen LogP contribution in [0, 0.1) is 0 Å². The Hall–Kier alpha value is -0.860. The van der Waals surface area contributed by atoms with Gasteiger partial charge in [-0.25, -0.2) is 0 Å². The van der Waals surface area contributed by atoms with Crippen molar-refractivity contribution in [1.29, 1.82) is 0 Å². The lowest BCUT2D eigenvalue weighted by molar-refractivity contribution is 0.0996. The average molecular weight is 275 g/mol. The first-order valence-electron chi connectivity index (χ1n) is 8.27. The molecule has 1 aliphatic rings. The van der Waals surface area contributed by atoms with Crippen LogP contribution in [0.4, 0.5) is 0 Å². The number of rotatable bonds is 8. The minimum atomic E-state index is 0.473. The van der Waals surface area contributed by atoms with Crippen molar-refractivity contribution in [3.63, 3.8) is 0 Å². The normalized spacial score (nSPS) is 20.2. The number of benzene rings is 1. The first-order valence-corrected chi connectivity index (χ1v) is 8.27. The molecule has 0 amide bonds. The molecule has 0 radical (unpaired) electrons. The van der Waals surface area contributed by atoms with E-state index in [4.69, 9.17) is 4.74 Å². The van der Waals surface area contributed by atoms with Crippen molar-refractivity contribution in [2.75, 3.05) is 13.2 Å². The van der Waals surface area contributed by atoms with Crippen molar-refractivity contribution in [3.8, 4) is 0 Å². The summed E-state index contributed by atoms with van der Waals surface area (Å²) in [6, 6.07) is 9.57. The van der Waals surface area contributed by atoms with Gasteiger partial charge in [-0.3, -0.25) is 0 Å². The third kappa shape index (κ3) is 4.60. The SMILES string of the molecule is CCCc1cccc(C(CCC2CCCO2)NCC)c1. The summed E-state index contributed by atoms with van der Waals surface area (Å²) in [5.74, 6) is 0. The van der Waals surface area contributed by atoms with Gasteiger partial charge < -0.3 is 10.1 Å². The summed E-state index contributed by atoms with van der Waals surface area (Å²) in [6.45, 7) is 6.41. The van der Waals surface area contributed by atoms with E-state index in [1.54, 1.807) is 0 Å². The van der Waals surface area contributed by atoms with Gasteiger partial charge in [-0.2, -0.15) is 0 Å². The number of hydrogen-bond acceptors (Lipinski definition) is 2. The van der Waals surface area contributed by atoms with Crippen molar-refractivity contribution < 1.29 is 4.74 Å². The quantitative estimate of drug-likeness (QED) is 0.766. The fourth-order valence-corrected chi connectivity index (χ4v) is 3.11. The average Bonchev–Trinajstić information content (AvgIpc) is 2.97. The highest BCUT2D eigenvalue weighted by Crippen LogP contribution is 2.25. The molecule has 1 aromatic carbocycles. The highest BCUT2D eigenvalue weighted by atomic mass is 16.5. The summed E-state index contributed by atoms with van der Waals surface area (Å²) in [7, 11) is 0. The Bertz CT molecular complexity index is 385. The third-order valence-corrected chi connectivity index (χ3v) is 4.14. The summed E-state index contributed by atoms with van der Waals surface area (Å²) < 4.78 is 5.75. The summed E-state index contributed by atoms with van der Waals surface area (Å²) in [6.07, 6.45) is 7.72. The van der Waals surface area contributed by atoms with Gasteiger partial charge in [0.05, 0.1) is 6.10 Å². The molecule has 0 spiro atoms. The molecule has 2 atom stereocenters. The molecule has 20 heavy (non-hydrogen) atoms. The minimum absolute atomic E-state index is 0.473. The zero-order chi connectivity index (χ0) is 14.2. The predicted molar refractivity (Wildman–Crippen MR) is 85.1 cm³/mol. The predicted octanol–water partition coefficient (Wildman–Crippen LogP) is 4.25. The molecule has 2 unspecified atom stereocenters. The van der Waals surface area contributed by atoms with Crippen LogP contribution in [0.1, 0.15) is 63.1 Å². The molecule has 1 fully saturated rings. The number of nitrogens with one attached hydrogen (secondary N) is 1. The van der Waals surface area contributed by atoms with Gasteiger partial charge in [0, 0.05) is 12.6 Å². The van der Waals surface area contributed by atoms with Gasteiger partial charge in [0.25, 0.3) is 0 Å². The van der Waals surface area contributed by atoms with Crippen LogP contribution in [0.2, 0.25) is 0 Å². The Morgan fingerprint density at radius 2 is 2.25 bits per heavy atom. The maximum Gasteiger partial charge on any atom is 0.0576 e. The zero-order valence-corrected chi connectivity index (χ0v) is 13.0. The van der Waals surface area contributed by atoms with Crippen LogP contribution in [0.3, 0.4) is 0 Å². The number of ether oxygens (including phenoxy) is 1. The van der Waals surface area contributed by atoms with E-state index >= 15 is 0 Å². The van der Waals surface area contributed by atoms with E-state index in [0.717, 1.165) is 13.2 Å². The lowest BCUT2D eigenvalue weighted by Crippen LogP contribution is -2.22. The molecular weight excluding hydrogens is 246 g/mol. The fourth-order valence-electron chi connectivity index (χ4n) is 3.11. The van der Waals surface area contributed by atoms with Crippen LogP contribution in [0.25, 0.3) is 0 Å². The van der Waals surface area contributed by atoms with Gasteiger partial charge in [-0.05, 0) is 49.8 Å². The van der Waals surface area contributed by atoms with E-state index in [1.165, 1.54) is 49.7 Å². The van der Waals surface area contributed by atoms with Crippen LogP contribution < -0.4 is 5.32 Å². The van der Waals surface area contributed by atoms with Gasteiger partial charge in [-0.15, -0.1) is 0 Å². The second-order valence-corrected chi connectivity index (χ2v) is 5.82. The van der Waals surface area contributed by atoms with Gasteiger partial charge >= 0.3 is 0 Å². The maximum absolute atomic E-state index is 5.75. The van der Waals surface area contributed by atoms with Gasteiger partial charge in [0.2, 0.25) is 0 Å². The van der Waals surface area contributed by atoms with E-state index in [-0.39, 0.29) is 0 Å². The molecule has 0 aromatic heterocycles. The third-order valence-electron chi connectivity index (χ3n) is 4.14. The molecule has 112 valence electrons. The standard InChI is InChI=1S/C18H29NO/c1-3-7-15-8-5-9-16(14-15)18(19-4-2)12-11-17-10-6-13-20-17/h5,8-9,14,17-19H,3-4,6-7,10-13H2,1-2H3. The number of aryl methyl sites for hydroxylation is 1. The van der Waals surface area contributed by atoms with Gasteiger partial charge in [0.15, 0.2) is 0 Å². The van der Waals surface area contributed by atoms with E-state index < -0.39 is 0 Å². The second kappa shape index (κ2) is 8.43. The molecule has 1 heterocycles. The largest absolute Gasteiger partial charge is 0.378 e. The Balaban J connectivity index is 1.96. The Labute approximate surface area is 123 Å². The van der Waals surface area contributed by atoms with Crippen LogP contribution >= 0.6 is 0 Å². The lowest BCUT2D eigenvalue weighted by atomic mass is 9.96. The van der Waals surface area contributed by atoms with Crippen molar-refractivity contribution in [2.24, 2.45) is 0 Å². The Morgan fingerprint density at radius 3 is 2.95 bits per heavy atom. The van der Waals surface area contributed by atoms with Gasteiger partial charge in [0.1, 0.15) is 0 Å². The summed E-state index contributed by atoms with van der Waals surface area (Å²) in [5.41, 5.74) is 2.90. The zero-order valence-electron chi connectivity index (χ0n) is 13.0. The maximum atomic E-state index is 5.75. The van der Waals surface area contributed by atoms with Crippen LogP contribution in [-0.4, -0.2) is 19.3 Å². The Kier molecular flexibility index (Phi) is 6.55. The molecule has 0 aliphatic carbocycles. The summed E-state index contributed by atoms with van der Waals surface area (Å²) in [5, 5.41) is 3.64. The van der Waals surface area contributed by atoms with Gasteiger partial charge in [-0.1, -0.05) is 44.5 Å². The summed E-state index contributed by atoms with van der Waals surface area (Å²) in [4.78, 5) is 0. The molecule has 2 nitrogen and oxygen atoms in total. The van der Waals surface area contributed by atoms with E-state index in [0.29, 0.717) is 12.1 Å². The molecule has 2 heteroatoms. The van der Waals surface area contributed by atoms with Crippen LogP contribution in [0.15, 0.2) is 24.3 Å². The molecule has 0 bridgehead atoms. The highest BCUT2D eigenvalue weighted by molar-refractivity contribution is 5.26. The van der Waals surface area contributed by atoms with E-state index in [2.05, 4.69) is 43.4 Å². The van der Waals surface area contributed by atoms with Crippen LogP contribution in [-0.2, 0) is 11.2 Å². The molecule has 1 saturated heterocycles. The molecule has 1 N–H and O–H groups in total. The van der Waals surface area contributed by atoms with Crippen LogP contribution in [0.5, 0.6) is 0 Å². The first kappa shape index (κ1) is 15.5. The van der Waals surface area contributed by atoms with Crippen molar-refractivity contribution >= 4 is 0 Å².